The van der Waals surface area contributed by atoms with Crippen LogP contribution in [0.4, 0.5) is 105 Å². The van der Waals surface area contributed by atoms with E-state index in [1.165, 1.54) is 16.7 Å². The third-order valence-electron chi connectivity index (χ3n) is 12.9. The quantitative estimate of drug-likeness (QED) is 0.0643. The van der Waals surface area contributed by atoms with E-state index >= 15 is 0 Å². The molecule has 2 nitrogen and oxygen atoms in total. The second-order valence-corrected chi connectivity index (χ2v) is 18.3. The van der Waals surface area contributed by atoms with Crippen molar-refractivity contribution in [3.8, 4) is 0 Å². The molecule has 0 fully saturated rings. The lowest BCUT2D eigenvalue weighted by molar-refractivity contribution is -0.683. The van der Waals surface area contributed by atoms with Gasteiger partial charge in [-0.05, 0) is 41.0 Å². The van der Waals surface area contributed by atoms with Crippen LogP contribution in [0, 0.1) is 0 Å². The van der Waals surface area contributed by atoms with E-state index in [-0.39, 0.29) is 5.78 Å². The van der Waals surface area contributed by atoms with Gasteiger partial charge in [-0.2, -0.15) is 132 Å². The Labute approximate surface area is 440 Å². The molecule has 7 aromatic rings. The molecule has 1 aliphatic carbocycles. The van der Waals surface area contributed by atoms with E-state index in [0.717, 1.165) is 5.56 Å². The number of benzene rings is 6. The number of fused-ring (bicyclic) bond motifs is 1. The van der Waals surface area contributed by atoms with Crippen molar-refractivity contribution in [2.75, 3.05) is 0 Å². The number of carbonyl (C=O) groups is 1. The summed E-state index contributed by atoms with van der Waals surface area (Å²) in [5, 5.41) is 0. The van der Waals surface area contributed by atoms with Gasteiger partial charge in [-0.25, -0.2) is 0 Å². The summed E-state index contributed by atoms with van der Waals surface area (Å²) in [5.41, 5.74) is -25.6. The zero-order valence-electron chi connectivity index (χ0n) is 39.9. The van der Waals surface area contributed by atoms with Gasteiger partial charge in [0.25, 0.3) is 0 Å². The molecule has 0 saturated carbocycles. The van der Waals surface area contributed by atoms with Crippen LogP contribution in [0.1, 0.15) is 77.5 Å². The van der Waals surface area contributed by atoms with Crippen molar-refractivity contribution in [3.05, 3.63) is 225 Å². The lowest BCUT2D eigenvalue weighted by atomic mass is 9.12. The molecule has 0 saturated heterocycles. The van der Waals surface area contributed by atoms with Crippen molar-refractivity contribution in [1.29, 1.82) is 0 Å². The molecule has 1 unspecified atom stereocenters. The Balaban J connectivity index is 0.000000323. The maximum atomic E-state index is 14.2. The van der Waals surface area contributed by atoms with Gasteiger partial charge in [0.2, 0.25) is 12.3 Å². The van der Waals surface area contributed by atoms with Gasteiger partial charge in [0, 0.05) is 23.6 Å². The van der Waals surface area contributed by atoms with Crippen LogP contribution < -0.4 is 26.4 Å². The van der Waals surface area contributed by atoms with E-state index in [1.807, 2.05) is 47.3 Å². The molecule has 0 radical (unpaired) electrons. The monoisotopic (exact) mass is 1180 g/mol. The number of alkyl halides is 24. The molecule has 0 bridgehead atoms. The molecule has 0 aliphatic heterocycles. The summed E-state index contributed by atoms with van der Waals surface area (Å²) in [4.78, 5) is 12.3. The Morgan fingerprint density at radius 3 is 0.951 bits per heavy atom. The lowest BCUT2D eigenvalue weighted by Gasteiger charge is -2.46. The van der Waals surface area contributed by atoms with Crippen molar-refractivity contribution in [1.82, 2.24) is 0 Å². The number of rotatable bonds is 8. The highest BCUT2D eigenvalue weighted by Gasteiger charge is 2.47. The highest BCUT2D eigenvalue weighted by Crippen LogP contribution is 2.42. The van der Waals surface area contributed by atoms with Gasteiger partial charge in [-0.3, -0.25) is 4.79 Å². The van der Waals surface area contributed by atoms with Gasteiger partial charge in [-0.1, -0.05) is 115 Å². The average Bonchev–Trinajstić information content (AvgIpc) is 3.56. The second kappa shape index (κ2) is 21.3. The lowest BCUT2D eigenvalue weighted by Crippen LogP contribution is -2.75. The van der Waals surface area contributed by atoms with Crippen molar-refractivity contribution in [3.63, 3.8) is 0 Å². The summed E-state index contributed by atoms with van der Waals surface area (Å²) in [6.45, 7) is 0.362. The van der Waals surface area contributed by atoms with Crippen LogP contribution in [0.2, 0.25) is 0 Å². The zero-order valence-corrected chi connectivity index (χ0v) is 39.9. The van der Waals surface area contributed by atoms with Gasteiger partial charge < -0.3 is 0 Å². The van der Waals surface area contributed by atoms with Crippen molar-refractivity contribution >= 4 is 39.9 Å². The number of Topliss-reactive ketones (excluding diaryl/α,β-unsaturated/α-hetero) is 1. The van der Waals surface area contributed by atoms with Crippen molar-refractivity contribution in [2.24, 2.45) is 0 Å². The third kappa shape index (κ3) is 13.6. The van der Waals surface area contributed by atoms with Crippen LogP contribution in [0.15, 0.2) is 158 Å². The molecular weight excluding hydrogens is 1150 g/mol. The molecule has 6 aromatic carbocycles. The predicted molar refractivity (Wildman–Crippen MR) is 245 cm³/mol. The minimum atomic E-state index is -6.13. The molecule has 8 rings (SSSR count). The Bertz CT molecular complexity index is 3030. The number of halogens is 24. The molecular formula is C54H30BF24NO. The molecule has 1 heterocycles. The van der Waals surface area contributed by atoms with Gasteiger partial charge in [0.05, 0.1) is 44.5 Å². The number of ketones is 1. The third-order valence-corrected chi connectivity index (χ3v) is 12.9. The fourth-order valence-corrected chi connectivity index (χ4v) is 9.27. The fourth-order valence-electron chi connectivity index (χ4n) is 9.27. The topological polar surface area (TPSA) is 20.9 Å². The molecule has 1 aliphatic rings. The summed E-state index contributed by atoms with van der Waals surface area (Å²) in [6, 6.07) is 13.3. The highest BCUT2D eigenvalue weighted by atomic mass is 19.4. The van der Waals surface area contributed by atoms with Crippen molar-refractivity contribution in [2.45, 2.75) is 61.9 Å². The molecule has 0 spiro atoms. The molecule has 0 N–H and O–H groups in total. The molecule has 27 heteroatoms. The van der Waals surface area contributed by atoms with E-state index in [1.54, 1.807) is 0 Å². The molecule has 0 amide bonds. The van der Waals surface area contributed by atoms with Gasteiger partial charge in [0.1, 0.15) is 6.15 Å². The first-order chi connectivity index (χ1) is 37.1. The smallest absolute Gasteiger partial charge is 0.287 e. The van der Waals surface area contributed by atoms with E-state index < -0.39 is 195 Å². The number of carbonyl (C=O) groups excluding carboxylic acids is 1. The number of allylic oxidation sites excluding steroid dienone is 1. The number of hydrogen-bond donors (Lipinski definition) is 0. The van der Waals surface area contributed by atoms with E-state index in [0.29, 0.717) is 12.5 Å². The number of pyridine rings is 1. The van der Waals surface area contributed by atoms with E-state index in [4.69, 9.17) is 0 Å². The van der Waals surface area contributed by atoms with Crippen LogP contribution in [-0.4, -0.2) is 11.9 Å². The van der Waals surface area contributed by atoms with E-state index in [9.17, 15) is 110 Å². The second-order valence-electron chi connectivity index (χ2n) is 18.3. The van der Waals surface area contributed by atoms with Crippen LogP contribution >= 0.6 is 0 Å². The average molecular weight is 1180 g/mol. The maximum absolute atomic E-state index is 14.2. The minimum Gasteiger partial charge on any atom is -0.287 e. The first-order valence-electron chi connectivity index (χ1n) is 22.8. The molecule has 428 valence electrons. The number of aromatic nitrogens is 1. The summed E-state index contributed by atoms with van der Waals surface area (Å²) in [6.07, 6.45) is -46.4. The molecule has 81 heavy (non-hydrogen) atoms. The highest BCUT2D eigenvalue weighted by molar-refractivity contribution is 7.20. The minimum absolute atomic E-state index is 0.124. The Morgan fingerprint density at radius 1 is 0.370 bits per heavy atom. The Kier molecular flexibility index (Phi) is 16.0. The van der Waals surface area contributed by atoms with Gasteiger partial charge in [0.15, 0.2) is 12.4 Å². The van der Waals surface area contributed by atoms with Crippen LogP contribution in [-0.2, 0) is 56.0 Å². The zero-order chi connectivity index (χ0) is 60.3. The largest absolute Gasteiger partial charge is 0.416 e. The predicted octanol–water partition coefficient (Wildman–Crippen LogP) is 15.2. The molecule has 1 atom stereocenters. The van der Waals surface area contributed by atoms with Crippen molar-refractivity contribution < 1.29 is 115 Å². The standard InChI is InChI=1S/C32H12BF24.C22H18NO/c34-25(35,36)13-1-14(26(37,38)39)6-21(5-13)33(22-7-15(27(40,41)42)2-16(8-22)28(43,44)45,23-9-17(29(46,47)48)3-18(10-23)30(49,50)51)24-11-19(31(52,53)54)4-20(12-24)32(55,56)57;24-22(19-7-2-1-3-8-19)16-23-14-12-18(13-15-23)21-11-10-17-6-4-5-9-20(17)21/h1-12H;1-15,21H,16H2/q-1;+1. The number of nitrogens with zero attached hydrogens (tertiary/aromatic N) is 1. The molecule has 1 aromatic heterocycles. The van der Waals surface area contributed by atoms with Crippen LogP contribution in [0.3, 0.4) is 0 Å². The normalized spacial score (nSPS) is 14.6. The van der Waals surface area contributed by atoms with E-state index in [2.05, 4.69) is 48.6 Å². The van der Waals surface area contributed by atoms with Crippen LogP contribution in [0.5, 0.6) is 0 Å². The summed E-state index contributed by atoms with van der Waals surface area (Å²) >= 11 is 0. The summed E-state index contributed by atoms with van der Waals surface area (Å²) in [5.74, 6) is 0.431. The van der Waals surface area contributed by atoms with Gasteiger partial charge >= 0.3 is 49.4 Å². The first kappa shape index (κ1) is 60.9. The fraction of sp³-hybridized carbons (Fsp3) is 0.185. The first-order valence-corrected chi connectivity index (χ1v) is 22.8. The van der Waals surface area contributed by atoms with Crippen LogP contribution in [0.25, 0.3) is 6.08 Å². The Morgan fingerprint density at radius 2 is 0.654 bits per heavy atom. The summed E-state index contributed by atoms with van der Waals surface area (Å²) in [7, 11) is 0. The maximum Gasteiger partial charge on any atom is 0.416 e. The summed E-state index contributed by atoms with van der Waals surface area (Å²) < 4.78 is 343. The SMILES string of the molecule is FC(F)(F)c1cc([B-](c2cc(C(F)(F)F)cc(C(F)(F)F)c2)(c2cc(C(F)(F)F)cc(C(F)(F)F)c2)c2cc(C(F)(F)F)cc(C(F)(F)F)c2)cc(C(F)(F)F)c1.O=C(C[n+]1ccc(C2C=Cc3ccccc32)cc1)c1ccccc1. The Hall–Kier alpha value is -7.74. The van der Waals surface area contributed by atoms with Gasteiger partial charge in [-0.15, -0.1) is 0 Å². The number of hydrogen-bond acceptors (Lipinski definition) is 1.